The number of amides is 2. The summed E-state index contributed by atoms with van der Waals surface area (Å²) in [5, 5.41) is 7.50. The highest BCUT2D eigenvalue weighted by Gasteiger charge is 2.24. The van der Waals surface area contributed by atoms with Gasteiger partial charge in [-0.2, -0.15) is 0 Å². The number of benzene rings is 3. The van der Waals surface area contributed by atoms with Crippen LogP contribution in [0.3, 0.4) is 0 Å². The zero-order valence-corrected chi connectivity index (χ0v) is 16.3. The van der Waals surface area contributed by atoms with Crippen molar-refractivity contribution in [2.45, 2.75) is 19.4 Å². The molecule has 0 heterocycles. The van der Waals surface area contributed by atoms with Crippen molar-refractivity contribution < 1.29 is 19.1 Å². The van der Waals surface area contributed by atoms with Gasteiger partial charge in [0.2, 0.25) is 5.91 Å². The van der Waals surface area contributed by atoms with Gasteiger partial charge in [-0.05, 0) is 28.5 Å². The summed E-state index contributed by atoms with van der Waals surface area (Å²) in [5.41, 5.74) is 1.55. The third-order valence-corrected chi connectivity index (χ3v) is 4.53. The summed E-state index contributed by atoms with van der Waals surface area (Å²) in [7, 11) is 1.28. The van der Waals surface area contributed by atoms with Crippen molar-refractivity contribution >= 4 is 34.2 Å². The van der Waals surface area contributed by atoms with Crippen molar-refractivity contribution in [1.82, 2.24) is 5.32 Å². The lowest BCUT2D eigenvalue weighted by atomic mass is 10.0. The number of carbonyl (C=O) groups excluding carboxylic acids is 3. The van der Waals surface area contributed by atoms with Gasteiger partial charge in [-0.15, -0.1) is 0 Å². The molecule has 0 aliphatic rings. The molecule has 148 valence electrons. The maximum absolute atomic E-state index is 12.8. The molecule has 29 heavy (non-hydrogen) atoms. The first kappa shape index (κ1) is 20.1. The summed E-state index contributed by atoms with van der Waals surface area (Å²) in [6, 6.07) is 19.6. The van der Waals surface area contributed by atoms with Crippen molar-refractivity contribution in [3.8, 4) is 0 Å². The van der Waals surface area contributed by atoms with E-state index in [1.165, 1.54) is 14.0 Å². The van der Waals surface area contributed by atoms with Gasteiger partial charge < -0.3 is 15.4 Å². The monoisotopic (exact) mass is 390 g/mol. The van der Waals surface area contributed by atoms with E-state index < -0.39 is 17.9 Å². The maximum Gasteiger partial charge on any atom is 0.328 e. The van der Waals surface area contributed by atoms with E-state index >= 15 is 0 Å². The van der Waals surface area contributed by atoms with Crippen LogP contribution in [0.4, 0.5) is 5.69 Å². The lowest BCUT2D eigenvalue weighted by Crippen LogP contribution is -2.43. The number of methoxy groups -OCH3 is 1. The molecule has 3 aromatic carbocycles. The molecule has 0 saturated heterocycles. The van der Waals surface area contributed by atoms with Crippen molar-refractivity contribution in [2.24, 2.45) is 0 Å². The average molecular weight is 390 g/mol. The summed E-state index contributed by atoms with van der Waals surface area (Å²) >= 11 is 0. The van der Waals surface area contributed by atoms with E-state index in [1.54, 1.807) is 24.3 Å². The van der Waals surface area contributed by atoms with Crippen LogP contribution < -0.4 is 10.6 Å². The van der Waals surface area contributed by atoms with Gasteiger partial charge in [0.1, 0.15) is 6.04 Å². The van der Waals surface area contributed by atoms with Crippen molar-refractivity contribution in [1.29, 1.82) is 0 Å². The van der Waals surface area contributed by atoms with Gasteiger partial charge in [-0.1, -0.05) is 54.6 Å². The second-order valence-corrected chi connectivity index (χ2v) is 6.66. The van der Waals surface area contributed by atoms with Crippen LogP contribution in [0.1, 0.15) is 22.8 Å². The molecule has 0 radical (unpaired) electrons. The minimum absolute atomic E-state index is 0.273. The molecule has 0 saturated carbocycles. The molecular weight excluding hydrogens is 368 g/mol. The van der Waals surface area contributed by atoms with Gasteiger partial charge in [0, 0.05) is 13.3 Å². The molecular formula is C23H22N2O4. The lowest BCUT2D eigenvalue weighted by Gasteiger charge is -2.18. The number of fused-ring (bicyclic) bond motifs is 1. The third kappa shape index (κ3) is 4.99. The molecule has 6 heteroatoms. The first-order valence-electron chi connectivity index (χ1n) is 9.21. The van der Waals surface area contributed by atoms with Gasteiger partial charge in [-0.25, -0.2) is 4.79 Å². The highest BCUT2D eigenvalue weighted by molar-refractivity contribution is 6.04. The highest BCUT2D eigenvalue weighted by atomic mass is 16.5. The molecule has 1 atom stereocenters. The van der Waals surface area contributed by atoms with Gasteiger partial charge in [0.25, 0.3) is 5.91 Å². The van der Waals surface area contributed by atoms with Crippen molar-refractivity contribution in [3.63, 3.8) is 0 Å². The highest BCUT2D eigenvalue weighted by Crippen LogP contribution is 2.18. The van der Waals surface area contributed by atoms with E-state index in [2.05, 4.69) is 10.6 Å². The fraction of sp³-hybridized carbons (Fsp3) is 0.174. The van der Waals surface area contributed by atoms with Crippen LogP contribution in [0.2, 0.25) is 0 Å². The Morgan fingerprint density at radius 2 is 1.62 bits per heavy atom. The minimum Gasteiger partial charge on any atom is -0.467 e. The zero-order valence-electron chi connectivity index (χ0n) is 16.3. The summed E-state index contributed by atoms with van der Waals surface area (Å²) < 4.78 is 4.88. The van der Waals surface area contributed by atoms with Gasteiger partial charge in [0.05, 0.1) is 18.4 Å². The normalized spacial score (nSPS) is 11.5. The smallest absolute Gasteiger partial charge is 0.328 e. The number of rotatable bonds is 6. The number of ether oxygens (including phenoxy) is 1. The van der Waals surface area contributed by atoms with E-state index in [4.69, 9.17) is 4.74 Å². The molecule has 3 rings (SSSR count). The number of esters is 1. The Kier molecular flexibility index (Phi) is 6.24. The standard InChI is InChI=1S/C23H22N2O4/c1-15(26)24-20-10-6-5-9-19(20)22(27)25-21(23(28)29-2)14-16-11-12-17-7-3-4-8-18(17)13-16/h3-13,21H,14H2,1-2H3,(H,24,26)(H,25,27)/t21-/m1/s1. The van der Waals surface area contributed by atoms with Crippen LogP contribution in [-0.2, 0) is 20.7 Å². The summed E-state index contributed by atoms with van der Waals surface area (Å²) in [6.07, 6.45) is 0.283. The van der Waals surface area contributed by atoms with E-state index in [9.17, 15) is 14.4 Å². The van der Waals surface area contributed by atoms with Crippen LogP contribution in [0, 0.1) is 0 Å². The number of nitrogens with one attached hydrogen (secondary N) is 2. The molecule has 3 aromatic rings. The fourth-order valence-electron chi connectivity index (χ4n) is 3.15. The van der Waals surface area contributed by atoms with Gasteiger partial charge in [0.15, 0.2) is 0 Å². The third-order valence-electron chi connectivity index (χ3n) is 4.53. The van der Waals surface area contributed by atoms with Crippen molar-refractivity contribution in [3.05, 3.63) is 77.9 Å². The quantitative estimate of drug-likeness (QED) is 0.633. The van der Waals surface area contributed by atoms with Crippen LogP contribution in [-0.4, -0.2) is 30.9 Å². The maximum atomic E-state index is 12.8. The molecule has 0 unspecified atom stereocenters. The van der Waals surface area contributed by atoms with Crippen LogP contribution in [0.15, 0.2) is 66.7 Å². The van der Waals surface area contributed by atoms with E-state index in [0.717, 1.165) is 16.3 Å². The SMILES string of the molecule is COC(=O)[C@@H](Cc1ccc2ccccc2c1)NC(=O)c1ccccc1NC(C)=O. The van der Waals surface area contributed by atoms with Gasteiger partial charge >= 0.3 is 5.97 Å². The Labute approximate surface area is 168 Å². The Bertz CT molecular complexity index is 1060. The minimum atomic E-state index is -0.862. The molecule has 0 bridgehead atoms. The molecule has 0 fully saturated rings. The Hall–Kier alpha value is -3.67. The molecule has 0 aliphatic heterocycles. The molecule has 0 aliphatic carbocycles. The fourth-order valence-corrected chi connectivity index (χ4v) is 3.15. The van der Waals surface area contributed by atoms with Crippen LogP contribution in [0.5, 0.6) is 0 Å². The van der Waals surface area contributed by atoms with Gasteiger partial charge in [-0.3, -0.25) is 9.59 Å². The number of carbonyl (C=O) groups is 3. The number of anilines is 1. The molecule has 2 N–H and O–H groups in total. The summed E-state index contributed by atoms with van der Waals surface area (Å²) in [5.74, 6) is -1.29. The first-order valence-corrected chi connectivity index (χ1v) is 9.21. The predicted octanol–water partition coefficient (Wildman–Crippen LogP) is 3.31. The first-order chi connectivity index (χ1) is 14.0. The Morgan fingerprint density at radius 3 is 2.34 bits per heavy atom. The predicted molar refractivity (Wildman–Crippen MR) is 112 cm³/mol. The molecule has 2 amide bonds. The second kappa shape index (κ2) is 9.01. The van der Waals surface area contributed by atoms with E-state index in [-0.39, 0.29) is 17.9 Å². The van der Waals surface area contributed by atoms with E-state index in [0.29, 0.717) is 5.69 Å². The van der Waals surface area contributed by atoms with E-state index in [1.807, 2.05) is 42.5 Å². The number of hydrogen-bond donors (Lipinski definition) is 2. The summed E-state index contributed by atoms with van der Waals surface area (Å²) in [6.45, 7) is 1.37. The Balaban J connectivity index is 1.83. The second-order valence-electron chi connectivity index (χ2n) is 6.66. The number of para-hydroxylation sites is 1. The summed E-state index contributed by atoms with van der Waals surface area (Å²) in [4.78, 5) is 36.5. The molecule has 0 spiro atoms. The lowest BCUT2D eigenvalue weighted by molar-refractivity contribution is -0.142. The van der Waals surface area contributed by atoms with Crippen molar-refractivity contribution in [2.75, 3.05) is 12.4 Å². The molecule has 0 aromatic heterocycles. The Morgan fingerprint density at radius 1 is 0.931 bits per heavy atom. The average Bonchev–Trinajstić information content (AvgIpc) is 2.72. The zero-order chi connectivity index (χ0) is 20.8. The van der Waals surface area contributed by atoms with Crippen LogP contribution in [0.25, 0.3) is 10.8 Å². The molecule has 6 nitrogen and oxygen atoms in total. The number of hydrogen-bond acceptors (Lipinski definition) is 4. The topological polar surface area (TPSA) is 84.5 Å². The van der Waals surface area contributed by atoms with Crippen LogP contribution >= 0.6 is 0 Å². The largest absolute Gasteiger partial charge is 0.467 e.